The van der Waals surface area contributed by atoms with Gasteiger partial charge in [0.2, 0.25) is 0 Å². The molecule has 2 N–H and O–H groups in total. The van der Waals surface area contributed by atoms with E-state index in [0.717, 1.165) is 5.69 Å². The first-order valence-electron chi connectivity index (χ1n) is 8.77. The molecular formula is C20H19FN4O3. The molecular weight excluding hydrogens is 363 g/mol. The quantitative estimate of drug-likeness (QED) is 0.475. The minimum Gasteiger partial charge on any atom is -0.386 e. The van der Waals surface area contributed by atoms with Crippen molar-refractivity contribution in [2.24, 2.45) is 0 Å². The van der Waals surface area contributed by atoms with Crippen LogP contribution >= 0.6 is 0 Å². The van der Waals surface area contributed by atoms with Crippen molar-refractivity contribution in [2.75, 3.05) is 11.9 Å². The SMILES string of the molecule is CCc1cc(NCC(O)c2ccccc2F)nc(-c2ccc([N+](=O)[O-])cc2)n1. The Balaban J connectivity index is 1.81. The zero-order valence-electron chi connectivity index (χ0n) is 15.2. The summed E-state index contributed by atoms with van der Waals surface area (Å²) in [5.41, 5.74) is 1.60. The van der Waals surface area contributed by atoms with E-state index in [-0.39, 0.29) is 17.8 Å². The highest BCUT2D eigenvalue weighted by molar-refractivity contribution is 5.59. The molecule has 7 nitrogen and oxygen atoms in total. The largest absolute Gasteiger partial charge is 0.386 e. The summed E-state index contributed by atoms with van der Waals surface area (Å²) in [6.07, 6.45) is -0.378. The van der Waals surface area contributed by atoms with Crippen LogP contribution in [0.5, 0.6) is 0 Å². The van der Waals surface area contributed by atoms with E-state index in [1.165, 1.54) is 24.3 Å². The van der Waals surface area contributed by atoms with Gasteiger partial charge in [-0.3, -0.25) is 10.1 Å². The third kappa shape index (κ3) is 4.47. The molecule has 1 aromatic heterocycles. The van der Waals surface area contributed by atoms with Crippen LogP contribution in [0.4, 0.5) is 15.9 Å². The van der Waals surface area contributed by atoms with Gasteiger partial charge in [-0.1, -0.05) is 25.1 Å². The minimum absolute atomic E-state index is 0.0123. The molecule has 0 bridgehead atoms. The number of nitrogens with one attached hydrogen (secondary N) is 1. The molecule has 0 spiro atoms. The lowest BCUT2D eigenvalue weighted by Crippen LogP contribution is -2.15. The second-order valence-electron chi connectivity index (χ2n) is 6.14. The van der Waals surface area contributed by atoms with Crippen molar-refractivity contribution in [1.29, 1.82) is 0 Å². The van der Waals surface area contributed by atoms with Gasteiger partial charge in [0.05, 0.1) is 11.0 Å². The summed E-state index contributed by atoms with van der Waals surface area (Å²) in [4.78, 5) is 19.2. The molecule has 0 radical (unpaired) electrons. The summed E-state index contributed by atoms with van der Waals surface area (Å²) < 4.78 is 13.8. The lowest BCUT2D eigenvalue weighted by molar-refractivity contribution is -0.384. The molecule has 1 heterocycles. The van der Waals surface area contributed by atoms with Crippen molar-refractivity contribution < 1.29 is 14.4 Å². The predicted molar refractivity (Wildman–Crippen MR) is 103 cm³/mol. The molecule has 144 valence electrons. The fourth-order valence-corrected chi connectivity index (χ4v) is 2.69. The number of anilines is 1. The van der Waals surface area contributed by atoms with E-state index in [9.17, 15) is 19.6 Å². The van der Waals surface area contributed by atoms with E-state index in [4.69, 9.17) is 0 Å². The Labute approximate surface area is 161 Å². The van der Waals surface area contributed by atoms with Gasteiger partial charge in [0, 0.05) is 41.6 Å². The standard InChI is InChI=1S/C20H19FN4O3/c1-2-14-11-19(22-12-18(26)16-5-3-4-6-17(16)21)24-20(23-14)13-7-9-15(10-8-13)25(27)28/h3-11,18,26H,2,12H2,1H3,(H,22,23,24). The molecule has 1 atom stereocenters. The maximum Gasteiger partial charge on any atom is 0.269 e. The molecule has 0 fully saturated rings. The first kappa shape index (κ1) is 19.4. The van der Waals surface area contributed by atoms with Gasteiger partial charge < -0.3 is 10.4 Å². The van der Waals surface area contributed by atoms with E-state index >= 15 is 0 Å². The minimum atomic E-state index is -1.04. The number of non-ortho nitro benzene ring substituents is 1. The first-order chi connectivity index (χ1) is 13.5. The number of halogens is 1. The van der Waals surface area contributed by atoms with Crippen molar-refractivity contribution in [2.45, 2.75) is 19.4 Å². The van der Waals surface area contributed by atoms with E-state index in [1.807, 2.05) is 6.92 Å². The Morgan fingerprint density at radius 1 is 1.18 bits per heavy atom. The monoisotopic (exact) mass is 382 g/mol. The zero-order chi connectivity index (χ0) is 20.1. The van der Waals surface area contributed by atoms with Gasteiger partial charge in [-0.2, -0.15) is 0 Å². The molecule has 0 aliphatic rings. The summed E-state index contributed by atoms with van der Waals surface area (Å²) in [5.74, 6) is 0.424. The Kier molecular flexibility index (Phi) is 5.90. The normalized spacial score (nSPS) is 11.8. The average molecular weight is 382 g/mol. The molecule has 3 aromatic rings. The number of hydrogen-bond donors (Lipinski definition) is 2. The first-order valence-corrected chi connectivity index (χ1v) is 8.77. The van der Waals surface area contributed by atoms with Gasteiger partial charge >= 0.3 is 0 Å². The molecule has 1 unspecified atom stereocenters. The van der Waals surface area contributed by atoms with Gasteiger partial charge in [-0.25, -0.2) is 14.4 Å². The molecule has 0 aliphatic heterocycles. The number of aliphatic hydroxyl groups excluding tert-OH is 1. The van der Waals surface area contributed by atoms with Crippen LogP contribution in [0.15, 0.2) is 54.6 Å². The summed E-state index contributed by atoms with van der Waals surface area (Å²) in [6, 6.07) is 13.8. The number of hydrogen-bond acceptors (Lipinski definition) is 6. The number of aryl methyl sites for hydroxylation is 1. The number of nitrogens with zero attached hydrogens (tertiary/aromatic N) is 3. The van der Waals surface area contributed by atoms with Crippen LogP contribution in [0.25, 0.3) is 11.4 Å². The Morgan fingerprint density at radius 3 is 2.54 bits per heavy atom. The number of aromatic nitrogens is 2. The highest BCUT2D eigenvalue weighted by Crippen LogP contribution is 2.22. The number of rotatable bonds is 7. The van der Waals surface area contributed by atoms with Gasteiger partial charge in [0.25, 0.3) is 5.69 Å². The van der Waals surface area contributed by atoms with Crippen molar-refractivity contribution in [3.05, 3.63) is 81.8 Å². The fourth-order valence-electron chi connectivity index (χ4n) is 2.69. The molecule has 0 aliphatic carbocycles. The summed E-state index contributed by atoms with van der Waals surface area (Å²) in [6.45, 7) is 2.01. The van der Waals surface area contributed by atoms with Crippen molar-refractivity contribution in [3.63, 3.8) is 0 Å². The van der Waals surface area contributed by atoms with Crippen LogP contribution in [-0.4, -0.2) is 26.5 Å². The summed E-state index contributed by atoms with van der Waals surface area (Å²) in [5, 5.41) is 24.1. The molecule has 0 saturated carbocycles. The van der Waals surface area contributed by atoms with E-state index in [2.05, 4.69) is 15.3 Å². The third-order valence-corrected chi connectivity index (χ3v) is 4.22. The Bertz CT molecular complexity index is 979. The van der Waals surface area contributed by atoms with Crippen LogP contribution in [0.2, 0.25) is 0 Å². The molecule has 28 heavy (non-hydrogen) atoms. The van der Waals surface area contributed by atoms with Crippen LogP contribution in [0.1, 0.15) is 24.3 Å². The van der Waals surface area contributed by atoms with E-state index < -0.39 is 16.8 Å². The highest BCUT2D eigenvalue weighted by Gasteiger charge is 2.14. The summed E-state index contributed by atoms with van der Waals surface area (Å²) in [7, 11) is 0. The van der Waals surface area contributed by atoms with Crippen LogP contribution < -0.4 is 5.32 Å². The van der Waals surface area contributed by atoms with E-state index in [1.54, 1.807) is 30.3 Å². The lowest BCUT2D eigenvalue weighted by atomic mass is 10.1. The Morgan fingerprint density at radius 2 is 1.89 bits per heavy atom. The molecule has 2 aromatic carbocycles. The van der Waals surface area contributed by atoms with Crippen molar-refractivity contribution >= 4 is 11.5 Å². The molecule has 3 rings (SSSR count). The van der Waals surface area contributed by atoms with Crippen LogP contribution in [0, 0.1) is 15.9 Å². The number of aliphatic hydroxyl groups is 1. The zero-order valence-corrected chi connectivity index (χ0v) is 15.2. The molecule has 0 saturated heterocycles. The van der Waals surface area contributed by atoms with E-state index in [0.29, 0.717) is 23.6 Å². The third-order valence-electron chi connectivity index (χ3n) is 4.22. The maximum absolute atomic E-state index is 13.8. The van der Waals surface area contributed by atoms with Crippen LogP contribution in [-0.2, 0) is 6.42 Å². The van der Waals surface area contributed by atoms with Crippen molar-refractivity contribution in [3.8, 4) is 11.4 Å². The second-order valence-corrected chi connectivity index (χ2v) is 6.14. The lowest BCUT2D eigenvalue weighted by Gasteiger charge is -2.14. The van der Waals surface area contributed by atoms with Crippen molar-refractivity contribution in [1.82, 2.24) is 9.97 Å². The molecule has 8 heteroatoms. The van der Waals surface area contributed by atoms with Gasteiger partial charge in [0.15, 0.2) is 5.82 Å². The predicted octanol–water partition coefficient (Wildman–Crippen LogP) is 3.90. The maximum atomic E-state index is 13.8. The summed E-state index contributed by atoms with van der Waals surface area (Å²) >= 11 is 0. The topological polar surface area (TPSA) is 101 Å². The molecule has 0 amide bonds. The average Bonchev–Trinajstić information content (AvgIpc) is 2.72. The van der Waals surface area contributed by atoms with Crippen LogP contribution in [0.3, 0.4) is 0 Å². The Hall–Kier alpha value is -3.39. The second kappa shape index (κ2) is 8.53. The number of nitro benzene ring substituents is 1. The van der Waals surface area contributed by atoms with Gasteiger partial charge in [-0.15, -0.1) is 0 Å². The van der Waals surface area contributed by atoms with Gasteiger partial charge in [-0.05, 0) is 24.6 Å². The fraction of sp³-hybridized carbons (Fsp3) is 0.200. The number of nitro groups is 1. The highest BCUT2D eigenvalue weighted by atomic mass is 19.1. The smallest absolute Gasteiger partial charge is 0.269 e. The number of benzene rings is 2. The van der Waals surface area contributed by atoms with Gasteiger partial charge in [0.1, 0.15) is 11.6 Å².